The smallest absolute Gasteiger partial charge is 0.255 e. The van der Waals surface area contributed by atoms with Gasteiger partial charge in [-0.15, -0.1) is 0 Å². The van der Waals surface area contributed by atoms with Crippen LogP contribution < -0.4 is 5.73 Å². The molecule has 2 N–H and O–H groups in total. The van der Waals surface area contributed by atoms with Gasteiger partial charge >= 0.3 is 0 Å². The van der Waals surface area contributed by atoms with Crippen molar-refractivity contribution in [2.45, 2.75) is 34.1 Å². The van der Waals surface area contributed by atoms with E-state index < -0.39 is 0 Å². The Morgan fingerprint density at radius 3 is 2.62 bits per heavy atom. The van der Waals surface area contributed by atoms with E-state index in [9.17, 15) is 4.79 Å². The van der Waals surface area contributed by atoms with Crippen LogP contribution in [0.2, 0.25) is 0 Å². The minimum absolute atomic E-state index is 0.0533. The first-order chi connectivity index (χ1) is 11.3. The Morgan fingerprint density at radius 1 is 1.25 bits per heavy atom. The Bertz CT molecular complexity index is 777. The van der Waals surface area contributed by atoms with Crippen molar-refractivity contribution in [3.63, 3.8) is 0 Å². The lowest BCUT2D eigenvalue weighted by molar-refractivity contribution is 0.0776. The lowest BCUT2D eigenvalue weighted by atomic mass is 9.90. The Balaban J connectivity index is 1.93. The molecule has 2 aromatic rings. The highest BCUT2D eigenvalue weighted by Crippen LogP contribution is 2.31. The summed E-state index contributed by atoms with van der Waals surface area (Å²) in [5, 5.41) is 0. The van der Waals surface area contributed by atoms with Crippen LogP contribution in [0.25, 0.3) is 5.69 Å². The van der Waals surface area contributed by atoms with E-state index >= 15 is 0 Å². The maximum absolute atomic E-state index is 13.0. The summed E-state index contributed by atoms with van der Waals surface area (Å²) in [6.07, 6.45) is 0.978. The lowest BCUT2D eigenvalue weighted by Crippen LogP contribution is -2.34. The Kier molecular flexibility index (Phi) is 4.26. The van der Waals surface area contributed by atoms with Crippen molar-refractivity contribution in [1.82, 2.24) is 9.47 Å². The Labute approximate surface area is 144 Å². The van der Waals surface area contributed by atoms with Crippen LogP contribution in [0.1, 0.15) is 40.7 Å². The zero-order valence-electron chi connectivity index (χ0n) is 15.1. The molecule has 0 spiro atoms. The first-order valence-corrected chi connectivity index (χ1v) is 8.60. The van der Waals surface area contributed by atoms with Crippen LogP contribution in [-0.4, -0.2) is 35.0 Å². The van der Waals surface area contributed by atoms with Gasteiger partial charge in [0.2, 0.25) is 0 Å². The monoisotopic (exact) mass is 325 g/mol. The number of hydrogen-bond donors (Lipinski definition) is 1. The van der Waals surface area contributed by atoms with Crippen molar-refractivity contribution < 1.29 is 4.79 Å². The number of nitrogens with zero attached hydrogens (tertiary/aromatic N) is 2. The van der Waals surface area contributed by atoms with Crippen molar-refractivity contribution in [1.29, 1.82) is 0 Å². The Morgan fingerprint density at radius 2 is 2.00 bits per heavy atom. The van der Waals surface area contributed by atoms with Crippen LogP contribution in [-0.2, 0) is 0 Å². The van der Waals surface area contributed by atoms with E-state index in [4.69, 9.17) is 5.73 Å². The molecule has 1 saturated heterocycles. The van der Waals surface area contributed by atoms with Crippen LogP contribution in [0.4, 0.5) is 0 Å². The zero-order valence-corrected chi connectivity index (χ0v) is 15.1. The molecule has 0 bridgehead atoms. The number of aryl methyl sites for hydroxylation is 2. The Hall–Kier alpha value is -2.07. The molecule has 0 radical (unpaired) electrons. The second-order valence-electron chi connectivity index (χ2n) is 7.45. The van der Waals surface area contributed by atoms with Crippen LogP contribution in [0.15, 0.2) is 30.3 Å². The zero-order chi connectivity index (χ0) is 17.5. The summed E-state index contributed by atoms with van der Waals surface area (Å²) in [5.41, 5.74) is 11.1. The summed E-state index contributed by atoms with van der Waals surface area (Å²) in [6.45, 7) is 10.5. The first-order valence-electron chi connectivity index (χ1n) is 8.60. The van der Waals surface area contributed by atoms with Gasteiger partial charge in [0.05, 0.1) is 5.56 Å². The number of carbonyl (C=O) groups excluding carboxylic acids is 1. The summed E-state index contributed by atoms with van der Waals surface area (Å²) in [4.78, 5) is 15.0. The highest BCUT2D eigenvalue weighted by Gasteiger charge is 2.36. The average Bonchev–Trinajstić information content (AvgIpc) is 3.08. The van der Waals surface area contributed by atoms with Crippen LogP contribution >= 0.6 is 0 Å². The lowest BCUT2D eigenvalue weighted by Gasteiger charge is -2.22. The molecule has 1 aromatic heterocycles. The first kappa shape index (κ1) is 16.8. The van der Waals surface area contributed by atoms with Crippen LogP contribution in [0.5, 0.6) is 0 Å². The fourth-order valence-corrected chi connectivity index (χ4v) is 3.68. The fraction of sp³-hybridized carbons (Fsp3) is 0.450. The van der Waals surface area contributed by atoms with Crippen LogP contribution in [0, 0.1) is 26.2 Å². The van der Waals surface area contributed by atoms with E-state index in [0.717, 1.165) is 42.1 Å². The SMILES string of the molecule is Cc1cccc(-n2c(C)cc(C(=O)N3CCC(C)(CN)C3)c2C)c1. The number of nitrogens with two attached hydrogens (primary N) is 1. The van der Waals surface area contributed by atoms with E-state index in [2.05, 4.69) is 49.6 Å². The summed E-state index contributed by atoms with van der Waals surface area (Å²) >= 11 is 0. The molecule has 24 heavy (non-hydrogen) atoms. The van der Waals surface area contributed by atoms with Gasteiger partial charge in [0.15, 0.2) is 0 Å². The standard InChI is InChI=1S/C20H27N3O/c1-14-6-5-7-17(10-14)23-15(2)11-18(16(23)3)19(24)22-9-8-20(4,12-21)13-22/h5-7,10-11H,8-9,12-13,21H2,1-4H3. The predicted molar refractivity (Wildman–Crippen MR) is 97.7 cm³/mol. The van der Waals surface area contributed by atoms with E-state index in [-0.39, 0.29) is 11.3 Å². The topological polar surface area (TPSA) is 51.3 Å². The van der Waals surface area contributed by atoms with E-state index in [0.29, 0.717) is 6.54 Å². The molecule has 1 atom stereocenters. The number of rotatable bonds is 3. The van der Waals surface area contributed by atoms with Crippen molar-refractivity contribution in [2.75, 3.05) is 19.6 Å². The maximum Gasteiger partial charge on any atom is 0.255 e. The number of aromatic nitrogens is 1. The van der Waals surface area contributed by atoms with Gasteiger partial charge < -0.3 is 15.2 Å². The number of likely N-dealkylation sites (tertiary alicyclic amines) is 1. The second-order valence-corrected chi connectivity index (χ2v) is 7.45. The van der Waals surface area contributed by atoms with Crippen molar-refractivity contribution >= 4 is 5.91 Å². The predicted octanol–water partition coefficient (Wildman–Crippen LogP) is 3.21. The molecule has 1 aromatic carbocycles. The minimum atomic E-state index is 0.0533. The van der Waals surface area contributed by atoms with Gasteiger partial charge in [-0.2, -0.15) is 0 Å². The third kappa shape index (κ3) is 2.86. The molecule has 0 aliphatic carbocycles. The minimum Gasteiger partial charge on any atom is -0.338 e. The molecule has 1 unspecified atom stereocenters. The third-order valence-electron chi connectivity index (χ3n) is 5.26. The summed E-state index contributed by atoms with van der Waals surface area (Å²) in [5.74, 6) is 0.124. The van der Waals surface area contributed by atoms with Gasteiger partial charge in [-0.25, -0.2) is 0 Å². The van der Waals surface area contributed by atoms with Gasteiger partial charge in [-0.1, -0.05) is 19.1 Å². The molecule has 1 aliphatic heterocycles. The van der Waals surface area contributed by atoms with Gasteiger partial charge in [0, 0.05) is 30.2 Å². The highest BCUT2D eigenvalue weighted by molar-refractivity contribution is 5.96. The van der Waals surface area contributed by atoms with Crippen molar-refractivity contribution in [3.8, 4) is 5.69 Å². The molecule has 0 saturated carbocycles. The second kappa shape index (κ2) is 6.10. The summed E-state index contributed by atoms with van der Waals surface area (Å²) in [7, 11) is 0. The van der Waals surface area contributed by atoms with Crippen molar-refractivity contribution in [3.05, 3.63) is 52.8 Å². The number of amides is 1. The molecule has 1 fully saturated rings. The average molecular weight is 325 g/mol. The molecule has 4 nitrogen and oxygen atoms in total. The quantitative estimate of drug-likeness (QED) is 0.942. The molecule has 3 rings (SSSR count). The summed E-state index contributed by atoms with van der Waals surface area (Å²) < 4.78 is 2.17. The number of carbonyl (C=O) groups is 1. The normalized spacial score (nSPS) is 20.6. The van der Waals surface area contributed by atoms with Gasteiger partial charge in [-0.3, -0.25) is 4.79 Å². The summed E-state index contributed by atoms with van der Waals surface area (Å²) in [6, 6.07) is 10.4. The molecule has 1 aliphatic rings. The van der Waals surface area contributed by atoms with Gasteiger partial charge in [0.25, 0.3) is 5.91 Å². The molecule has 128 valence electrons. The van der Waals surface area contributed by atoms with E-state index in [1.807, 2.05) is 17.9 Å². The molecular weight excluding hydrogens is 298 g/mol. The van der Waals surface area contributed by atoms with Gasteiger partial charge in [0.1, 0.15) is 0 Å². The molecule has 1 amide bonds. The van der Waals surface area contributed by atoms with E-state index in [1.165, 1.54) is 5.56 Å². The van der Waals surface area contributed by atoms with Crippen molar-refractivity contribution in [2.24, 2.45) is 11.1 Å². The largest absolute Gasteiger partial charge is 0.338 e. The van der Waals surface area contributed by atoms with E-state index in [1.54, 1.807) is 0 Å². The van der Waals surface area contributed by atoms with Gasteiger partial charge in [-0.05, 0) is 62.9 Å². The highest BCUT2D eigenvalue weighted by atomic mass is 16.2. The third-order valence-corrected chi connectivity index (χ3v) is 5.26. The molecule has 2 heterocycles. The number of hydrogen-bond acceptors (Lipinski definition) is 2. The number of benzene rings is 1. The molecule has 4 heteroatoms. The molecular formula is C20H27N3O. The maximum atomic E-state index is 13.0. The van der Waals surface area contributed by atoms with Crippen LogP contribution in [0.3, 0.4) is 0 Å². The fourth-order valence-electron chi connectivity index (χ4n) is 3.68.